The van der Waals surface area contributed by atoms with E-state index in [1.807, 2.05) is 11.8 Å². The Balaban J connectivity index is 2.15. The van der Waals surface area contributed by atoms with Gasteiger partial charge in [-0.15, -0.1) is 35.0 Å². The molecule has 2 rings (SSSR count). The van der Waals surface area contributed by atoms with Crippen molar-refractivity contribution in [2.24, 2.45) is 11.3 Å². The average Bonchev–Trinajstić information content (AvgIpc) is 2.81. The van der Waals surface area contributed by atoms with Crippen LogP contribution in [-0.4, -0.2) is 17.5 Å². The van der Waals surface area contributed by atoms with E-state index in [0.29, 0.717) is 23.6 Å². The van der Waals surface area contributed by atoms with E-state index in [-0.39, 0.29) is 5.41 Å². The van der Waals surface area contributed by atoms with Crippen LogP contribution in [0.25, 0.3) is 0 Å². The van der Waals surface area contributed by atoms with Gasteiger partial charge < -0.3 is 0 Å². The van der Waals surface area contributed by atoms with Crippen molar-refractivity contribution >= 4 is 35.0 Å². The quantitative estimate of drug-likeness (QED) is 0.600. The first kappa shape index (κ1) is 15.5. The molecule has 0 aliphatic carbocycles. The molecule has 0 N–H and O–H groups in total. The lowest BCUT2D eigenvalue weighted by atomic mass is 9.75. The molecule has 1 aromatic rings. The van der Waals surface area contributed by atoms with Crippen LogP contribution in [0.2, 0.25) is 0 Å². The van der Waals surface area contributed by atoms with Crippen LogP contribution in [0.15, 0.2) is 29.2 Å². The molecule has 19 heavy (non-hydrogen) atoms. The monoisotopic (exact) mass is 316 g/mol. The highest BCUT2D eigenvalue weighted by Gasteiger charge is 2.35. The van der Waals surface area contributed by atoms with Crippen molar-refractivity contribution in [3.8, 4) is 0 Å². The van der Waals surface area contributed by atoms with Crippen molar-refractivity contribution in [1.82, 2.24) is 0 Å². The molecule has 3 heteroatoms. The topological polar surface area (TPSA) is 0 Å². The van der Waals surface area contributed by atoms with Crippen molar-refractivity contribution in [1.29, 1.82) is 0 Å². The number of fused-ring (bicyclic) bond motifs is 1. The van der Waals surface area contributed by atoms with Crippen molar-refractivity contribution in [2.45, 2.75) is 37.5 Å². The Labute approximate surface area is 131 Å². The van der Waals surface area contributed by atoms with Gasteiger partial charge in [0, 0.05) is 22.4 Å². The Kier molecular flexibility index (Phi) is 5.51. The molecule has 1 aliphatic rings. The number of alkyl halides is 2. The molecule has 106 valence electrons. The summed E-state index contributed by atoms with van der Waals surface area (Å²) in [6.07, 6.45) is 2.23. The van der Waals surface area contributed by atoms with Crippen molar-refractivity contribution in [3.63, 3.8) is 0 Å². The molecule has 0 nitrogen and oxygen atoms in total. The zero-order chi connectivity index (χ0) is 13.9. The highest BCUT2D eigenvalue weighted by molar-refractivity contribution is 7.99. The van der Waals surface area contributed by atoms with E-state index in [1.165, 1.54) is 16.2 Å². The fraction of sp³-hybridized carbons (Fsp3) is 0.625. The second kappa shape index (κ2) is 6.74. The van der Waals surface area contributed by atoms with Gasteiger partial charge in [0.1, 0.15) is 0 Å². The minimum atomic E-state index is 0.0833. The maximum absolute atomic E-state index is 6.28. The predicted molar refractivity (Wildman–Crippen MR) is 87.9 cm³/mol. The van der Waals surface area contributed by atoms with E-state index in [4.69, 9.17) is 23.2 Å². The maximum Gasteiger partial charge on any atom is 0.0291 e. The van der Waals surface area contributed by atoms with Gasteiger partial charge >= 0.3 is 0 Å². The Morgan fingerprint density at radius 2 is 1.95 bits per heavy atom. The summed E-state index contributed by atoms with van der Waals surface area (Å²) in [5.41, 5.74) is 1.58. The van der Waals surface area contributed by atoms with Crippen LogP contribution in [0.1, 0.15) is 38.2 Å². The van der Waals surface area contributed by atoms with Crippen LogP contribution in [-0.2, 0) is 0 Å². The minimum Gasteiger partial charge on any atom is -0.126 e. The van der Waals surface area contributed by atoms with E-state index < -0.39 is 0 Å². The zero-order valence-corrected chi connectivity index (χ0v) is 14.0. The Bertz CT molecular complexity index is 413. The van der Waals surface area contributed by atoms with Crippen LogP contribution < -0.4 is 0 Å². The van der Waals surface area contributed by atoms with Crippen LogP contribution in [0.5, 0.6) is 0 Å². The number of benzene rings is 1. The summed E-state index contributed by atoms with van der Waals surface area (Å²) in [5.74, 6) is 3.75. The van der Waals surface area contributed by atoms with E-state index in [9.17, 15) is 0 Å². The number of hydrogen-bond acceptors (Lipinski definition) is 1. The fourth-order valence-electron chi connectivity index (χ4n) is 3.12. The van der Waals surface area contributed by atoms with E-state index >= 15 is 0 Å². The molecule has 1 heterocycles. The molecule has 0 spiro atoms. The largest absolute Gasteiger partial charge is 0.126 e. The molecular weight excluding hydrogens is 295 g/mol. The third-order valence-corrected chi connectivity index (χ3v) is 6.27. The van der Waals surface area contributed by atoms with E-state index in [0.717, 1.165) is 12.8 Å². The highest BCUT2D eigenvalue weighted by atomic mass is 35.5. The Hall–Kier alpha value is 0.150. The highest BCUT2D eigenvalue weighted by Crippen LogP contribution is 2.47. The molecule has 0 fully saturated rings. The molecular formula is C16H22Cl2S. The minimum absolute atomic E-state index is 0.0833. The van der Waals surface area contributed by atoms with Gasteiger partial charge in [-0.1, -0.05) is 32.0 Å². The van der Waals surface area contributed by atoms with Gasteiger partial charge in [0.15, 0.2) is 0 Å². The fourth-order valence-corrected chi connectivity index (χ4v) is 5.10. The lowest BCUT2D eigenvalue weighted by Gasteiger charge is -2.34. The zero-order valence-electron chi connectivity index (χ0n) is 11.7. The summed E-state index contributed by atoms with van der Waals surface area (Å²) < 4.78 is 0. The second-order valence-corrected chi connectivity index (χ2v) is 7.71. The molecule has 0 aromatic heterocycles. The van der Waals surface area contributed by atoms with Gasteiger partial charge in [-0.3, -0.25) is 0 Å². The molecule has 1 unspecified atom stereocenters. The van der Waals surface area contributed by atoms with Crippen molar-refractivity contribution < 1.29 is 0 Å². The molecule has 1 atom stereocenters. The third kappa shape index (κ3) is 3.62. The van der Waals surface area contributed by atoms with Crippen LogP contribution in [0.3, 0.4) is 0 Å². The first-order chi connectivity index (χ1) is 9.10. The average molecular weight is 317 g/mol. The molecule has 0 saturated carbocycles. The summed E-state index contributed by atoms with van der Waals surface area (Å²) in [5, 5.41) is 0. The first-order valence-electron chi connectivity index (χ1n) is 6.94. The maximum atomic E-state index is 6.28. The number of rotatable bonds is 6. The SMILES string of the molecule is CC(C)CC(CCl)(CCl)CC1CSc2ccccc21. The summed E-state index contributed by atoms with van der Waals surface area (Å²) in [4.78, 5) is 1.44. The van der Waals surface area contributed by atoms with Crippen molar-refractivity contribution in [2.75, 3.05) is 17.5 Å². The number of thioether (sulfide) groups is 1. The molecule has 0 amide bonds. The Morgan fingerprint density at radius 3 is 2.58 bits per heavy atom. The summed E-state index contributed by atoms with van der Waals surface area (Å²) in [7, 11) is 0. The van der Waals surface area contributed by atoms with Gasteiger partial charge in [0.2, 0.25) is 0 Å². The molecule has 1 aromatic carbocycles. The predicted octanol–water partition coefficient (Wildman–Crippen LogP) is 5.78. The summed E-state index contributed by atoms with van der Waals surface area (Å²) in [6, 6.07) is 8.76. The summed E-state index contributed by atoms with van der Waals surface area (Å²) in [6.45, 7) is 4.51. The van der Waals surface area contributed by atoms with Crippen LogP contribution in [0.4, 0.5) is 0 Å². The number of halogens is 2. The normalized spacial score (nSPS) is 18.9. The molecule has 0 saturated heterocycles. The van der Waals surface area contributed by atoms with Crippen molar-refractivity contribution in [3.05, 3.63) is 29.8 Å². The van der Waals surface area contributed by atoms with Crippen LogP contribution >= 0.6 is 35.0 Å². The van der Waals surface area contributed by atoms with Gasteiger partial charge in [-0.2, -0.15) is 0 Å². The van der Waals surface area contributed by atoms with Gasteiger partial charge in [-0.05, 0) is 41.7 Å². The van der Waals surface area contributed by atoms with Gasteiger partial charge in [-0.25, -0.2) is 0 Å². The first-order valence-corrected chi connectivity index (χ1v) is 8.99. The van der Waals surface area contributed by atoms with Crippen LogP contribution in [0, 0.1) is 11.3 Å². The summed E-state index contributed by atoms with van der Waals surface area (Å²) >= 11 is 14.5. The smallest absolute Gasteiger partial charge is 0.0291 e. The Morgan fingerprint density at radius 1 is 1.26 bits per heavy atom. The van der Waals surface area contributed by atoms with Gasteiger partial charge in [0.05, 0.1) is 0 Å². The second-order valence-electron chi connectivity index (χ2n) is 6.12. The number of hydrogen-bond donors (Lipinski definition) is 0. The molecule has 1 aliphatic heterocycles. The van der Waals surface area contributed by atoms with Gasteiger partial charge in [0.25, 0.3) is 0 Å². The van der Waals surface area contributed by atoms with E-state index in [2.05, 4.69) is 38.1 Å². The third-order valence-electron chi connectivity index (χ3n) is 3.89. The lowest BCUT2D eigenvalue weighted by Crippen LogP contribution is -2.29. The lowest BCUT2D eigenvalue weighted by molar-refractivity contribution is 0.261. The van der Waals surface area contributed by atoms with E-state index in [1.54, 1.807) is 0 Å². The standard InChI is InChI=1S/C16H22Cl2S/c1-12(2)7-16(10-17,11-18)8-13-9-19-15-6-4-3-5-14(13)15/h3-6,12-13H,7-11H2,1-2H3. The molecule has 0 bridgehead atoms. The molecule has 0 radical (unpaired) electrons.